The van der Waals surface area contributed by atoms with Gasteiger partial charge in [0.1, 0.15) is 5.75 Å². The van der Waals surface area contributed by atoms with Gasteiger partial charge in [0.05, 0.1) is 6.04 Å². The average molecular weight is 335 g/mol. The van der Waals surface area contributed by atoms with Gasteiger partial charge in [0, 0.05) is 15.7 Å². The largest absolute Gasteiger partial charge is 0.508 e. The van der Waals surface area contributed by atoms with Crippen LogP contribution in [-0.2, 0) is 0 Å². The molecule has 0 aliphatic carbocycles. The molecule has 2 aromatic rings. The number of fused-ring (bicyclic) bond motifs is 1. The summed E-state index contributed by atoms with van der Waals surface area (Å²) < 4.78 is 1.01. The van der Waals surface area contributed by atoms with Gasteiger partial charge >= 0.3 is 0 Å². The lowest BCUT2D eigenvalue weighted by Gasteiger charge is -2.29. The Morgan fingerprint density at radius 1 is 1.16 bits per heavy atom. The minimum absolute atomic E-state index is 0.0617. The number of rotatable bonds is 1. The lowest BCUT2D eigenvalue weighted by molar-refractivity contribution is 0.474. The van der Waals surface area contributed by atoms with Gasteiger partial charge in [0.15, 0.2) is 5.11 Å². The summed E-state index contributed by atoms with van der Waals surface area (Å²) in [6, 6.07) is 13.1. The van der Waals surface area contributed by atoms with Crippen molar-refractivity contribution >= 4 is 38.9 Å². The van der Waals surface area contributed by atoms with Crippen molar-refractivity contribution < 1.29 is 5.11 Å². The molecule has 2 aromatic carbocycles. The van der Waals surface area contributed by atoms with E-state index in [1.54, 1.807) is 12.1 Å². The van der Waals surface area contributed by atoms with Gasteiger partial charge < -0.3 is 15.7 Å². The van der Waals surface area contributed by atoms with E-state index in [4.69, 9.17) is 12.2 Å². The molecular weight excluding hydrogens is 324 g/mol. The standard InChI is InChI=1S/C14H11BrN2OS/c15-9-4-5-12-11(7-9)13(17-14(19)16-12)8-2-1-3-10(18)6-8/h1-7,13,18H,(H2,16,17,19). The summed E-state index contributed by atoms with van der Waals surface area (Å²) in [7, 11) is 0. The Bertz CT molecular complexity index is 660. The van der Waals surface area contributed by atoms with Gasteiger partial charge in [-0.15, -0.1) is 0 Å². The molecule has 1 unspecified atom stereocenters. The fourth-order valence-corrected chi connectivity index (χ4v) is 2.83. The van der Waals surface area contributed by atoms with E-state index in [2.05, 4.69) is 26.6 Å². The first-order valence-corrected chi connectivity index (χ1v) is 6.99. The van der Waals surface area contributed by atoms with E-state index in [-0.39, 0.29) is 11.8 Å². The van der Waals surface area contributed by atoms with Crippen LogP contribution in [0.4, 0.5) is 5.69 Å². The van der Waals surface area contributed by atoms with Crippen LogP contribution in [0.2, 0.25) is 0 Å². The molecule has 0 bridgehead atoms. The van der Waals surface area contributed by atoms with E-state index in [1.165, 1.54) is 0 Å². The van der Waals surface area contributed by atoms with Gasteiger partial charge in [0.25, 0.3) is 0 Å². The maximum Gasteiger partial charge on any atom is 0.171 e. The Morgan fingerprint density at radius 3 is 2.79 bits per heavy atom. The number of aromatic hydroxyl groups is 1. The number of hydrogen-bond acceptors (Lipinski definition) is 2. The lowest BCUT2D eigenvalue weighted by Crippen LogP contribution is -2.37. The van der Waals surface area contributed by atoms with Crippen LogP contribution in [0.15, 0.2) is 46.9 Å². The minimum atomic E-state index is -0.0617. The summed E-state index contributed by atoms with van der Waals surface area (Å²) in [5.74, 6) is 0.250. The molecule has 0 amide bonds. The van der Waals surface area contributed by atoms with Crippen LogP contribution >= 0.6 is 28.1 Å². The monoisotopic (exact) mass is 334 g/mol. The molecule has 3 rings (SSSR count). The lowest BCUT2D eigenvalue weighted by atomic mass is 9.96. The van der Waals surface area contributed by atoms with Gasteiger partial charge in [-0.05, 0) is 48.1 Å². The van der Waals surface area contributed by atoms with Gasteiger partial charge in [-0.3, -0.25) is 0 Å². The number of phenolic OH excluding ortho intramolecular Hbond substituents is 1. The zero-order chi connectivity index (χ0) is 13.4. The normalized spacial score (nSPS) is 17.3. The Kier molecular flexibility index (Phi) is 3.16. The van der Waals surface area contributed by atoms with Crippen LogP contribution in [0.3, 0.4) is 0 Å². The smallest absolute Gasteiger partial charge is 0.171 e. The van der Waals surface area contributed by atoms with Gasteiger partial charge in [-0.2, -0.15) is 0 Å². The summed E-state index contributed by atoms with van der Waals surface area (Å²) in [4.78, 5) is 0. The maximum absolute atomic E-state index is 9.63. The molecule has 0 fully saturated rings. The molecule has 0 saturated carbocycles. The predicted molar refractivity (Wildman–Crippen MR) is 83.4 cm³/mol. The third kappa shape index (κ3) is 2.43. The molecule has 1 aliphatic heterocycles. The van der Waals surface area contributed by atoms with Crippen molar-refractivity contribution in [2.45, 2.75) is 6.04 Å². The van der Waals surface area contributed by atoms with Crippen LogP contribution in [0, 0.1) is 0 Å². The van der Waals surface area contributed by atoms with Gasteiger partial charge in [-0.1, -0.05) is 28.1 Å². The summed E-state index contributed by atoms with van der Waals surface area (Å²) in [6.45, 7) is 0. The third-order valence-electron chi connectivity index (χ3n) is 3.05. The number of anilines is 1. The molecule has 3 nitrogen and oxygen atoms in total. The Hall–Kier alpha value is -1.59. The Morgan fingerprint density at radius 2 is 2.00 bits per heavy atom. The summed E-state index contributed by atoms with van der Waals surface area (Å²) >= 11 is 8.71. The van der Waals surface area contributed by atoms with Crippen molar-refractivity contribution in [1.29, 1.82) is 0 Å². The molecule has 3 N–H and O–H groups in total. The van der Waals surface area contributed by atoms with Crippen molar-refractivity contribution in [1.82, 2.24) is 5.32 Å². The van der Waals surface area contributed by atoms with Crippen molar-refractivity contribution in [3.63, 3.8) is 0 Å². The summed E-state index contributed by atoms with van der Waals surface area (Å²) in [6.07, 6.45) is 0. The molecule has 0 saturated heterocycles. The van der Waals surface area contributed by atoms with Gasteiger partial charge in [0.2, 0.25) is 0 Å². The molecule has 1 heterocycles. The molecule has 0 radical (unpaired) electrons. The summed E-state index contributed by atoms with van der Waals surface area (Å²) in [5.41, 5.74) is 3.05. The molecule has 5 heteroatoms. The second-order valence-electron chi connectivity index (χ2n) is 4.36. The van der Waals surface area contributed by atoms with Crippen molar-refractivity contribution in [2.75, 3.05) is 5.32 Å². The molecule has 1 atom stereocenters. The average Bonchev–Trinajstić information content (AvgIpc) is 2.38. The topological polar surface area (TPSA) is 44.3 Å². The number of phenols is 1. The number of halogens is 1. The molecule has 0 spiro atoms. The van der Waals surface area contributed by atoms with E-state index in [0.29, 0.717) is 5.11 Å². The highest BCUT2D eigenvalue weighted by Gasteiger charge is 2.24. The molecular formula is C14H11BrN2OS. The first-order chi connectivity index (χ1) is 9.13. The first-order valence-electron chi connectivity index (χ1n) is 5.79. The third-order valence-corrected chi connectivity index (χ3v) is 3.76. The molecule has 1 aliphatic rings. The number of hydrogen-bond donors (Lipinski definition) is 3. The second-order valence-corrected chi connectivity index (χ2v) is 5.68. The molecule has 0 aromatic heterocycles. The number of thiocarbonyl (C=S) groups is 1. The van der Waals surface area contributed by atoms with Crippen LogP contribution in [0.25, 0.3) is 0 Å². The van der Waals surface area contributed by atoms with Crippen molar-refractivity contribution in [2.24, 2.45) is 0 Å². The highest BCUT2D eigenvalue weighted by molar-refractivity contribution is 9.10. The molecule has 19 heavy (non-hydrogen) atoms. The van der Waals surface area contributed by atoms with Crippen molar-refractivity contribution in [3.8, 4) is 5.75 Å². The fraction of sp³-hybridized carbons (Fsp3) is 0.0714. The van der Waals surface area contributed by atoms with Gasteiger partial charge in [-0.25, -0.2) is 0 Å². The number of benzene rings is 2. The van der Waals surface area contributed by atoms with Crippen molar-refractivity contribution in [3.05, 3.63) is 58.1 Å². The van der Waals surface area contributed by atoms with Crippen LogP contribution < -0.4 is 10.6 Å². The van der Waals surface area contributed by atoms with E-state index in [0.717, 1.165) is 21.3 Å². The second kappa shape index (κ2) is 4.83. The Labute approximate surface area is 124 Å². The van der Waals surface area contributed by atoms with Crippen LogP contribution in [0.1, 0.15) is 17.2 Å². The molecule has 96 valence electrons. The van der Waals surface area contributed by atoms with Crippen LogP contribution in [-0.4, -0.2) is 10.2 Å². The highest BCUT2D eigenvalue weighted by atomic mass is 79.9. The van der Waals surface area contributed by atoms with E-state index >= 15 is 0 Å². The zero-order valence-corrected chi connectivity index (χ0v) is 12.3. The quantitative estimate of drug-likeness (QED) is 0.698. The van der Waals surface area contributed by atoms with E-state index in [1.807, 2.05) is 30.3 Å². The summed E-state index contributed by atoms with van der Waals surface area (Å²) in [5, 5.41) is 16.6. The van der Waals surface area contributed by atoms with Crippen LogP contribution in [0.5, 0.6) is 5.75 Å². The SMILES string of the molecule is Oc1cccc(C2NC(=S)Nc3ccc(Br)cc32)c1. The predicted octanol–water partition coefficient (Wildman–Crippen LogP) is 3.54. The maximum atomic E-state index is 9.63. The zero-order valence-electron chi connectivity index (χ0n) is 9.85. The number of nitrogens with one attached hydrogen (secondary N) is 2. The first kappa shape index (κ1) is 12.4. The van der Waals surface area contributed by atoms with E-state index < -0.39 is 0 Å². The highest BCUT2D eigenvalue weighted by Crippen LogP contribution is 2.34. The minimum Gasteiger partial charge on any atom is -0.508 e. The van der Waals surface area contributed by atoms with E-state index in [9.17, 15) is 5.11 Å². The Balaban J connectivity index is 2.12. The fourth-order valence-electron chi connectivity index (χ4n) is 2.22.